The highest BCUT2D eigenvalue weighted by Gasteiger charge is 2.17. The van der Waals surface area contributed by atoms with Gasteiger partial charge in [0.15, 0.2) is 5.96 Å². The van der Waals surface area contributed by atoms with Gasteiger partial charge < -0.3 is 30.0 Å². The van der Waals surface area contributed by atoms with Crippen molar-refractivity contribution in [3.8, 4) is 11.5 Å². The molecule has 0 spiro atoms. The lowest BCUT2D eigenvalue weighted by Crippen LogP contribution is -2.44. The van der Waals surface area contributed by atoms with Crippen molar-refractivity contribution in [1.29, 1.82) is 0 Å². The number of phenols is 1. The number of methoxy groups -OCH3 is 1. The molecule has 140 valence electrons. The molecule has 1 heterocycles. The van der Waals surface area contributed by atoms with Crippen molar-refractivity contribution < 1.29 is 19.3 Å². The third kappa shape index (κ3) is 6.43. The Morgan fingerprint density at radius 2 is 2.32 bits per heavy atom. The fraction of sp³-hybridized carbons (Fsp3) is 0.611. The van der Waals surface area contributed by atoms with Crippen LogP contribution in [-0.4, -0.2) is 56.7 Å². The molecule has 1 aromatic carbocycles. The molecule has 25 heavy (non-hydrogen) atoms. The summed E-state index contributed by atoms with van der Waals surface area (Å²) in [5.41, 5.74) is 0.712. The van der Waals surface area contributed by atoms with Crippen LogP contribution in [0, 0.1) is 0 Å². The molecule has 2 unspecified atom stereocenters. The number of nitrogens with one attached hydrogen (secondary N) is 2. The monoisotopic (exact) mass is 351 g/mol. The molecule has 1 aliphatic rings. The summed E-state index contributed by atoms with van der Waals surface area (Å²) in [5.74, 6) is 1.59. The van der Waals surface area contributed by atoms with E-state index in [1.807, 2.05) is 13.8 Å². The zero-order valence-corrected chi connectivity index (χ0v) is 15.2. The normalized spacial score (nSPS) is 18.8. The van der Waals surface area contributed by atoms with E-state index in [0.717, 1.165) is 19.6 Å². The number of guanidine groups is 1. The minimum absolute atomic E-state index is 0.109. The van der Waals surface area contributed by atoms with Crippen LogP contribution in [-0.2, 0) is 16.0 Å². The maximum absolute atomic E-state index is 9.96. The SMILES string of the molecule is CCNC(=NCc1cc(OC)ccc1O)NC(C)COC1CCOC1. The summed E-state index contributed by atoms with van der Waals surface area (Å²) in [6, 6.07) is 5.23. The van der Waals surface area contributed by atoms with Gasteiger partial charge in [0.2, 0.25) is 0 Å². The smallest absolute Gasteiger partial charge is 0.191 e. The predicted octanol–water partition coefficient (Wildman–Crippen LogP) is 1.65. The average Bonchev–Trinajstić information content (AvgIpc) is 3.13. The van der Waals surface area contributed by atoms with E-state index in [1.54, 1.807) is 25.3 Å². The molecular weight excluding hydrogens is 322 g/mol. The number of nitrogens with zero attached hydrogens (tertiary/aromatic N) is 1. The van der Waals surface area contributed by atoms with Crippen LogP contribution >= 0.6 is 0 Å². The minimum atomic E-state index is 0.109. The maximum Gasteiger partial charge on any atom is 0.191 e. The molecular formula is C18H29N3O4. The van der Waals surface area contributed by atoms with Crippen molar-refractivity contribution in [2.45, 2.75) is 39.0 Å². The molecule has 0 amide bonds. The van der Waals surface area contributed by atoms with E-state index in [-0.39, 0.29) is 17.9 Å². The Morgan fingerprint density at radius 3 is 3.00 bits per heavy atom. The van der Waals surface area contributed by atoms with E-state index in [1.165, 1.54) is 0 Å². The van der Waals surface area contributed by atoms with Crippen LogP contribution in [0.15, 0.2) is 23.2 Å². The Bertz CT molecular complexity index is 559. The van der Waals surface area contributed by atoms with Gasteiger partial charge in [0.25, 0.3) is 0 Å². The lowest BCUT2D eigenvalue weighted by Gasteiger charge is -2.19. The van der Waals surface area contributed by atoms with Crippen LogP contribution in [0.5, 0.6) is 11.5 Å². The average molecular weight is 351 g/mol. The summed E-state index contributed by atoms with van der Waals surface area (Å²) in [6.45, 7) is 7.20. The van der Waals surface area contributed by atoms with E-state index in [0.29, 0.717) is 37.0 Å². The predicted molar refractivity (Wildman–Crippen MR) is 97.2 cm³/mol. The number of rotatable bonds is 8. The molecule has 1 aromatic rings. The van der Waals surface area contributed by atoms with Crippen molar-refractivity contribution in [3.63, 3.8) is 0 Å². The zero-order chi connectivity index (χ0) is 18.1. The Hall–Kier alpha value is -1.99. The highest BCUT2D eigenvalue weighted by atomic mass is 16.5. The largest absolute Gasteiger partial charge is 0.508 e. The van der Waals surface area contributed by atoms with Crippen LogP contribution < -0.4 is 15.4 Å². The van der Waals surface area contributed by atoms with Crippen LogP contribution in [0.4, 0.5) is 0 Å². The molecule has 7 nitrogen and oxygen atoms in total. The van der Waals surface area contributed by atoms with Gasteiger partial charge in [-0.1, -0.05) is 0 Å². The topological polar surface area (TPSA) is 84.3 Å². The number of aromatic hydroxyl groups is 1. The van der Waals surface area contributed by atoms with Crippen LogP contribution in [0.25, 0.3) is 0 Å². The molecule has 2 rings (SSSR count). The Kier molecular flexibility index (Phi) is 7.81. The van der Waals surface area contributed by atoms with Gasteiger partial charge in [0.05, 0.1) is 33.0 Å². The standard InChI is InChI=1S/C18H29N3O4/c1-4-19-18(21-13(2)11-25-16-7-8-24-12-16)20-10-14-9-15(23-3)5-6-17(14)22/h5-6,9,13,16,22H,4,7-8,10-12H2,1-3H3,(H2,19,20,21). The maximum atomic E-state index is 9.96. The molecule has 0 bridgehead atoms. The van der Waals surface area contributed by atoms with Gasteiger partial charge >= 0.3 is 0 Å². The molecule has 7 heteroatoms. The first-order valence-electron chi connectivity index (χ1n) is 8.72. The first-order valence-corrected chi connectivity index (χ1v) is 8.72. The number of hydrogen-bond donors (Lipinski definition) is 3. The molecule has 0 saturated carbocycles. The summed E-state index contributed by atoms with van der Waals surface area (Å²) in [7, 11) is 1.60. The number of benzene rings is 1. The summed E-state index contributed by atoms with van der Waals surface area (Å²) in [4.78, 5) is 4.54. The van der Waals surface area contributed by atoms with Gasteiger partial charge in [-0.25, -0.2) is 4.99 Å². The van der Waals surface area contributed by atoms with Crippen molar-refractivity contribution in [2.24, 2.45) is 4.99 Å². The second kappa shape index (κ2) is 10.1. The Labute approximate surface area is 149 Å². The molecule has 0 aliphatic carbocycles. The molecule has 1 fully saturated rings. The third-order valence-electron chi connectivity index (χ3n) is 3.89. The molecule has 2 atom stereocenters. The van der Waals surface area contributed by atoms with E-state index >= 15 is 0 Å². The van der Waals surface area contributed by atoms with Gasteiger partial charge in [-0.3, -0.25) is 0 Å². The number of phenolic OH excluding ortho intramolecular Hbond substituents is 1. The third-order valence-corrected chi connectivity index (χ3v) is 3.89. The van der Waals surface area contributed by atoms with Crippen LogP contribution in [0.3, 0.4) is 0 Å². The number of aliphatic imine (C=N–C) groups is 1. The van der Waals surface area contributed by atoms with Crippen LogP contribution in [0.2, 0.25) is 0 Å². The van der Waals surface area contributed by atoms with Crippen molar-refractivity contribution in [2.75, 3.05) is 33.5 Å². The summed E-state index contributed by atoms with van der Waals surface area (Å²) >= 11 is 0. The second-order valence-electron chi connectivity index (χ2n) is 6.05. The van der Waals surface area contributed by atoms with Gasteiger partial charge in [-0.05, 0) is 38.5 Å². The van der Waals surface area contributed by atoms with Gasteiger partial charge in [-0.15, -0.1) is 0 Å². The number of ether oxygens (including phenoxy) is 3. The fourth-order valence-corrected chi connectivity index (χ4v) is 2.50. The summed E-state index contributed by atoms with van der Waals surface area (Å²) in [5, 5.41) is 16.5. The van der Waals surface area contributed by atoms with Gasteiger partial charge in [-0.2, -0.15) is 0 Å². The molecule has 1 aliphatic heterocycles. The van der Waals surface area contributed by atoms with Crippen LogP contribution in [0.1, 0.15) is 25.8 Å². The van der Waals surface area contributed by atoms with E-state index < -0.39 is 0 Å². The molecule has 1 saturated heterocycles. The minimum Gasteiger partial charge on any atom is -0.508 e. The highest BCUT2D eigenvalue weighted by molar-refractivity contribution is 5.80. The second-order valence-corrected chi connectivity index (χ2v) is 6.05. The first-order chi connectivity index (χ1) is 12.1. The van der Waals surface area contributed by atoms with Crippen molar-refractivity contribution in [3.05, 3.63) is 23.8 Å². The van der Waals surface area contributed by atoms with Crippen molar-refractivity contribution >= 4 is 5.96 Å². The Balaban J connectivity index is 1.90. The Morgan fingerprint density at radius 1 is 1.48 bits per heavy atom. The van der Waals surface area contributed by atoms with E-state index in [2.05, 4.69) is 15.6 Å². The fourth-order valence-electron chi connectivity index (χ4n) is 2.50. The van der Waals surface area contributed by atoms with E-state index in [4.69, 9.17) is 14.2 Å². The highest BCUT2D eigenvalue weighted by Crippen LogP contribution is 2.23. The summed E-state index contributed by atoms with van der Waals surface area (Å²) < 4.78 is 16.3. The zero-order valence-electron chi connectivity index (χ0n) is 15.2. The van der Waals surface area contributed by atoms with Crippen molar-refractivity contribution in [1.82, 2.24) is 10.6 Å². The molecule has 3 N–H and O–H groups in total. The van der Waals surface area contributed by atoms with Gasteiger partial charge in [0, 0.05) is 24.8 Å². The lowest BCUT2D eigenvalue weighted by atomic mass is 10.2. The first kappa shape index (κ1) is 19.3. The quantitative estimate of drug-likeness (QED) is 0.488. The molecule has 0 radical (unpaired) electrons. The van der Waals surface area contributed by atoms with E-state index in [9.17, 15) is 5.11 Å². The molecule has 0 aromatic heterocycles. The number of hydrogen-bond acceptors (Lipinski definition) is 5. The lowest BCUT2D eigenvalue weighted by molar-refractivity contribution is 0.0347. The summed E-state index contributed by atoms with van der Waals surface area (Å²) in [6.07, 6.45) is 1.15. The van der Waals surface area contributed by atoms with Gasteiger partial charge in [0.1, 0.15) is 11.5 Å².